The number of ether oxygens (including phenoxy) is 1. The molecule has 0 spiro atoms. The maximum absolute atomic E-state index is 11.8. The molecular weight excluding hydrogens is 262 g/mol. The normalized spacial score (nSPS) is 17.6. The minimum absolute atomic E-state index is 0.215. The number of amides is 3. The van der Waals surface area contributed by atoms with Crippen LogP contribution in [0.3, 0.4) is 0 Å². The van der Waals surface area contributed by atoms with Crippen LogP contribution in [0.15, 0.2) is 30.3 Å². The largest absolute Gasteiger partial charge is 0.468 e. The molecule has 3 amide bonds. The first-order valence-electron chi connectivity index (χ1n) is 6.09. The summed E-state index contributed by atoms with van der Waals surface area (Å²) in [6, 6.07) is 8.02. The standard InChI is InChI=1S/C13H15N3O4/c1-20-11(17)7-14-12(18)10-8-16(13(19)15-10)9-5-3-2-4-6-9/h2-6,10H,7-8H2,1H3,(H,14,18)(H,15,19). The van der Waals surface area contributed by atoms with Crippen LogP contribution in [0.5, 0.6) is 0 Å². The fourth-order valence-corrected chi connectivity index (χ4v) is 1.87. The smallest absolute Gasteiger partial charge is 0.325 e. The van der Waals surface area contributed by atoms with Gasteiger partial charge in [-0.3, -0.25) is 14.5 Å². The Hall–Kier alpha value is -2.57. The predicted octanol–water partition coefficient (Wildman–Crippen LogP) is -0.126. The van der Waals surface area contributed by atoms with Crippen molar-refractivity contribution in [3.05, 3.63) is 30.3 Å². The number of hydrogen-bond acceptors (Lipinski definition) is 4. The molecule has 7 heteroatoms. The first kappa shape index (κ1) is 13.9. The Kier molecular flexibility index (Phi) is 4.19. The van der Waals surface area contributed by atoms with Crippen LogP contribution in [-0.2, 0) is 14.3 Å². The molecule has 0 bridgehead atoms. The van der Waals surface area contributed by atoms with Crippen molar-refractivity contribution < 1.29 is 19.1 Å². The van der Waals surface area contributed by atoms with Crippen LogP contribution in [0.25, 0.3) is 0 Å². The summed E-state index contributed by atoms with van der Waals surface area (Å²) in [7, 11) is 1.24. The number of nitrogens with one attached hydrogen (secondary N) is 2. The number of esters is 1. The third-order valence-electron chi connectivity index (χ3n) is 2.93. The van der Waals surface area contributed by atoms with Gasteiger partial charge in [0, 0.05) is 5.69 Å². The lowest BCUT2D eigenvalue weighted by molar-refractivity contribution is -0.141. The van der Waals surface area contributed by atoms with E-state index in [9.17, 15) is 14.4 Å². The Morgan fingerprint density at radius 1 is 1.40 bits per heavy atom. The second kappa shape index (κ2) is 6.05. The Morgan fingerprint density at radius 3 is 2.75 bits per heavy atom. The number of urea groups is 1. The molecule has 1 atom stereocenters. The zero-order valence-corrected chi connectivity index (χ0v) is 11.0. The van der Waals surface area contributed by atoms with Crippen molar-refractivity contribution in [2.45, 2.75) is 6.04 Å². The highest BCUT2D eigenvalue weighted by atomic mass is 16.5. The lowest BCUT2D eigenvalue weighted by Gasteiger charge is -2.14. The molecule has 0 aromatic heterocycles. The summed E-state index contributed by atoms with van der Waals surface area (Å²) in [6.45, 7) is 0.00287. The summed E-state index contributed by atoms with van der Waals surface area (Å²) in [5, 5.41) is 4.98. The van der Waals surface area contributed by atoms with E-state index in [-0.39, 0.29) is 19.1 Å². The van der Waals surface area contributed by atoms with E-state index in [0.717, 1.165) is 0 Å². The van der Waals surface area contributed by atoms with Gasteiger partial charge in [0.05, 0.1) is 13.7 Å². The van der Waals surface area contributed by atoms with E-state index < -0.39 is 17.9 Å². The molecule has 106 valence electrons. The number of rotatable bonds is 4. The molecule has 7 nitrogen and oxygen atoms in total. The van der Waals surface area contributed by atoms with Gasteiger partial charge in [0.25, 0.3) is 0 Å². The first-order valence-corrected chi connectivity index (χ1v) is 6.09. The zero-order valence-electron chi connectivity index (χ0n) is 11.0. The molecule has 1 fully saturated rings. The van der Waals surface area contributed by atoms with Crippen LogP contribution in [0, 0.1) is 0 Å². The fraction of sp³-hybridized carbons (Fsp3) is 0.308. The lowest BCUT2D eigenvalue weighted by Crippen LogP contribution is -2.44. The van der Waals surface area contributed by atoms with E-state index in [1.807, 2.05) is 18.2 Å². The topological polar surface area (TPSA) is 87.7 Å². The Labute approximate surface area is 115 Å². The van der Waals surface area contributed by atoms with Crippen LogP contribution >= 0.6 is 0 Å². The van der Waals surface area contributed by atoms with Crippen molar-refractivity contribution in [3.63, 3.8) is 0 Å². The summed E-state index contributed by atoms with van der Waals surface area (Å²) < 4.78 is 4.42. The van der Waals surface area contributed by atoms with Crippen molar-refractivity contribution in [1.29, 1.82) is 0 Å². The number of carbonyl (C=O) groups is 3. The number of para-hydroxylation sites is 1. The number of nitrogens with zero attached hydrogens (tertiary/aromatic N) is 1. The van der Waals surface area contributed by atoms with E-state index in [0.29, 0.717) is 5.69 Å². The average molecular weight is 277 g/mol. The maximum atomic E-state index is 11.8. The molecule has 1 unspecified atom stereocenters. The molecule has 1 aliphatic rings. The molecule has 2 N–H and O–H groups in total. The highest BCUT2D eigenvalue weighted by molar-refractivity contribution is 6.00. The molecule has 1 aliphatic heterocycles. The number of methoxy groups -OCH3 is 1. The lowest BCUT2D eigenvalue weighted by atomic mass is 10.2. The molecule has 1 aromatic rings. The van der Waals surface area contributed by atoms with Gasteiger partial charge < -0.3 is 15.4 Å². The van der Waals surface area contributed by atoms with Crippen molar-refractivity contribution in [3.8, 4) is 0 Å². The second-order valence-electron chi connectivity index (χ2n) is 4.24. The van der Waals surface area contributed by atoms with Crippen molar-refractivity contribution in [1.82, 2.24) is 10.6 Å². The van der Waals surface area contributed by atoms with Crippen molar-refractivity contribution >= 4 is 23.6 Å². The molecule has 20 heavy (non-hydrogen) atoms. The highest BCUT2D eigenvalue weighted by Crippen LogP contribution is 2.17. The van der Waals surface area contributed by atoms with Crippen LogP contribution in [0.2, 0.25) is 0 Å². The number of hydrogen-bond donors (Lipinski definition) is 2. The van der Waals surface area contributed by atoms with Crippen LogP contribution < -0.4 is 15.5 Å². The van der Waals surface area contributed by atoms with Gasteiger partial charge in [0.15, 0.2) is 0 Å². The van der Waals surface area contributed by atoms with E-state index in [4.69, 9.17) is 0 Å². The fourth-order valence-electron chi connectivity index (χ4n) is 1.87. The third-order valence-corrected chi connectivity index (χ3v) is 2.93. The van der Waals surface area contributed by atoms with E-state index >= 15 is 0 Å². The van der Waals surface area contributed by atoms with Gasteiger partial charge in [-0.15, -0.1) is 0 Å². The Bertz CT molecular complexity index is 518. The molecule has 2 rings (SSSR count). The van der Waals surface area contributed by atoms with E-state index in [1.54, 1.807) is 12.1 Å². The molecule has 0 aliphatic carbocycles. The van der Waals surface area contributed by atoms with E-state index in [2.05, 4.69) is 15.4 Å². The van der Waals surface area contributed by atoms with Crippen LogP contribution in [0.1, 0.15) is 0 Å². The second-order valence-corrected chi connectivity index (χ2v) is 4.24. The number of carbonyl (C=O) groups excluding carboxylic acids is 3. The van der Waals surface area contributed by atoms with Crippen LogP contribution in [0.4, 0.5) is 10.5 Å². The zero-order chi connectivity index (χ0) is 14.5. The van der Waals surface area contributed by atoms with Gasteiger partial charge in [0.1, 0.15) is 12.6 Å². The Morgan fingerprint density at radius 2 is 2.10 bits per heavy atom. The first-order chi connectivity index (χ1) is 9.61. The van der Waals surface area contributed by atoms with Gasteiger partial charge in [-0.2, -0.15) is 0 Å². The SMILES string of the molecule is COC(=O)CNC(=O)C1CN(c2ccccc2)C(=O)N1. The summed E-state index contributed by atoms with van der Waals surface area (Å²) >= 11 is 0. The van der Waals surface area contributed by atoms with Gasteiger partial charge in [-0.05, 0) is 12.1 Å². The quantitative estimate of drug-likeness (QED) is 0.751. The van der Waals surface area contributed by atoms with Gasteiger partial charge >= 0.3 is 12.0 Å². The Balaban J connectivity index is 1.95. The minimum Gasteiger partial charge on any atom is -0.468 e. The van der Waals surface area contributed by atoms with Gasteiger partial charge in [-0.25, -0.2) is 4.79 Å². The number of benzene rings is 1. The summed E-state index contributed by atoms with van der Waals surface area (Å²) in [6.07, 6.45) is 0. The van der Waals surface area contributed by atoms with Gasteiger partial charge in [0.2, 0.25) is 5.91 Å². The van der Waals surface area contributed by atoms with E-state index in [1.165, 1.54) is 12.0 Å². The van der Waals surface area contributed by atoms with Crippen molar-refractivity contribution in [2.24, 2.45) is 0 Å². The highest BCUT2D eigenvalue weighted by Gasteiger charge is 2.34. The molecule has 1 heterocycles. The monoisotopic (exact) mass is 277 g/mol. The molecule has 0 radical (unpaired) electrons. The molecule has 0 saturated carbocycles. The van der Waals surface area contributed by atoms with Crippen LogP contribution in [-0.4, -0.2) is 44.1 Å². The molecular formula is C13H15N3O4. The summed E-state index contributed by atoms with van der Waals surface area (Å²) in [5.74, 6) is -0.954. The molecule has 1 saturated heterocycles. The third kappa shape index (κ3) is 3.05. The average Bonchev–Trinajstić information content (AvgIpc) is 2.87. The van der Waals surface area contributed by atoms with Crippen molar-refractivity contribution in [2.75, 3.05) is 25.1 Å². The van der Waals surface area contributed by atoms with Gasteiger partial charge in [-0.1, -0.05) is 18.2 Å². The summed E-state index contributed by atoms with van der Waals surface area (Å²) in [5.41, 5.74) is 0.716. The minimum atomic E-state index is -0.688. The summed E-state index contributed by atoms with van der Waals surface area (Å²) in [4.78, 5) is 36.1. The maximum Gasteiger partial charge on any atom is 0.325 e. The predicted molar refractivity (Wildman–Crippen MR) is 71.1 cm³/mol. The number of anilines is 1. The molecule has 1 aromatic carbocycles.